The summed E-state index contributed by atoms with van der Waals surface area (Å²) in [5.41, 5.74) is 5.30. The van der Waals surface area contributed by atoms with Crippen molar-refractivity contribution in [2.45, 2.75) is 45.2 Å². The van der Waals surface area contributed by atoms with Crippen LogP contribution in [0.2, 0.25) is 5.15 Å². The number of rotatable bonds is 15. The van der Waals surface area contributed by atoms with Crippen molar-refractivity contribution in [2.75, 3.05) is 20.2 Å². The number of esters is 1. The molecule has 8 aromatic rings. The Hall–Kier alpha value is -6.37. The number of hydrogen-bond donors (Lipinski definition) is 0. The lowest BCUT2D eigenvalue weighted by atomic mass is 9.77. The average molecular weight is 897 g/mol. The van der Waals surface area contributed by atoms with Crippen LogP contribution in [0.4, 0.5) is 0 Å². The number of halogens is 2. The molecule has 0 aliphatic heterocycles. The monoisotopic (exact) mass is 895 g/mol. The Balaban J connectivity index is 1.18. The summed E-state index contributed by atoms with van der Waals surface area (Å²) < 4.78 is 14.3. The molecule has 5 aromatic carbocycles. The van der Waals surface area contributed by atoms with Crippen LogP contribution in [0, 0.1) is 0 Å². The van der Waals surface area contributed by atoms with Crippen molar-refractivity contribution < 1.29 is 18.7 Å². The van der Waals surface area contributed by atoms with Crippen molar-refractivity contribution in [1.82, 2.24) is 34.7 Å². The van der Waals surface area contributed by atoms with E-state index in [1.165, 1.54) is 4.90 Å². The maximum Gasteiger partial charge on any atom is 0.325 e. The summed E-state index contributed by atoms with van der Waals surface area (Å²) in [5, 5.41) is 15.6. The normalized spacial score (nSPS) is 11.6. The minimum absolute atomic E-state index is 0.0929. The van der Waals surface area contributed by atoms with Crippen molar-refractivity contribution in [2.24, 2.45) is 0 Å². The number of benzene rings is 5. The molecule has 13 heteroatoms. The van der Waals surface area contributed by atoms with Crippen LogP contribution in [-0.4, -0.2) is 66.7 Å². The molecule has 0 fully saturated rings. The van der Waals surface area contributed by atoms with Crippen LogP contribution in [0.5, 0.6) is 0 Å². The fourth-order valence-corrected chi connectivity index (χ4v) is 8.70. The number of amides is 1. The van der Waals surface area contributed by atoms with E-state index in [9.17, 15) is 9.59 Å². The number of tetrazole rings is 1. The van der Waals surface area contributed by atoms with Gasteiger partial charge >= 0.3 is 5.97 Å². The number of carbonyl (C=O) groups is 2. The molecule has 308 valence electrons. The Labute approximate surface area is 367 Å². The summed E-state index contributed by atoms with van der Waals surface area (Å²) in [7, 11) is 1.55. The van der Waals surface area contributed by atoms with Gasteiger partial charge in [0.05, 0.1) is 11.1 Å². The van der Waals surface area contributed by atoms with Gasteiger partial charge in [-0.25, -0.2) is 4.98 Å². The van der Waals surface area contributed by atoms with Gasteiger partial charge in [0.15, 0.2) is 10.7 Å². The molecule has 0 aliphatic carbocycles. The third-order valence-corrected chi connectivity index (χ3v) is 11.8. The van der Waals surface area contributed by atoms with Gasteiger partial charge in [0, 0.05) is 36.5 Å². The minimum Gasteiger partial charge on any atom is -0.465 e. The number of furan rings is 1. The first-order chi connectivity index (χ1) is 29.7. The molecule has 11 nitrogen and oxygen atoms in total. The number of nitrogens with zero attached hydrogens (tertiary/aromatic N) is 7. The zero-order chi connectivity index (χ0) is 42.5. The minimum atomic E-state index is -0.934. The Morgan fingerprint density at radius 2 is 1.44 bits per heavy atom. The summed E-state index contributed by atoms with van der Waals surface area (Å²) in [6, 6.07) is 44.5. The second kappa shape index (κ2) is 18.1. The molecule has 0 saturated carbocycles. The molecule has 3 heterocycles. The predicted octanol–water partition coefficient (Wildman–Crippen LogP) is 10.2. The molecule has 0 atom stereocenters. The molecular formula is C48H43BrClN7O4. The third kappa shape index (κ3) is 8.01. The quantitative estimate of drug-likeness (QED) is 0.0737. The highest BCUT2D eigenvalue weighted by Gasteiger charge is 2.41. The van der Waals surface area contributed by atoms with E-state index in [0.717, 1.165) is 56.1 Å². The van der Waals surface area contributed by atoms with Crippen LogP contribution in [0.3, 0.4) is 0 Å². The molecule has 0 bridgehead atoms. The fraction of sp³-hybridized carbons (Fsp3) is 0.208. The highest BCUT2D eigenvalue weighted by Crippen LogP contribution is 2.43. The number of ether oxygens (including phenoxy) is 1. The van der Waals surface area contributed by atoms with Crippen molar-refractivity contribution in [3.63, 3.8) is 0 Å². The molecule has 0 radical (unpaired) electrons. The first kappa shape index (κ1) is 41.4. The summed E-state index contributed by atoms with van der Waals surface area (Å²) in [4.78, 5) is 33.7. The van der Waals surface area contributed by atoms with Crippen molar-refractivity contribution in [1.29, 1.82) is 0 Å². The van der Waals surface area contributed by atoms with Crippen LogP contribution in [0.1, 0.15) is 65.3 Å². The summed E-state index contributed by atoms with van der Waals surface area (Å²) in [6.45, 7) is 4.14. The Morgan fingerprint density at radius 1 is 0.836 bits per heavy atom. The summed E-state index contributed by atoms with van der Waals surface area (Å²) in [5.74, 6) is 0.802. The van der Waals surface area contributed by atoms with E-state index in [1.54, 1.807) is 18.8 Å². The molecule has 0 saturated heterocycles. The maximum atomic E-state index is 13.8. The first-order valence-corrected chi connectivity index (χ1v) is 21.3. The lowest BCUT2D eigenvalue weighted by Gasteiger charge is -2.34. The van der Waals surface area contributed by atoms with Crippen molar-refractivity contribution in [3.05, 3.63) is 177 Å². The molecule has 0 aliphatic rings. The fourth-order valence-electron chi connectivity index (χ4n) is 7.81. The van der Waals surface area contributed by atoms with Crippen LogP contribution in [0.25, 0.3) is 33.7 Å². The zero-order valence-corrected chi connectivity index (χ0v) is 36.3. The second-order valence-corrected chi connectivity index (χ2v) is 15.8. The van der Waals surface area contributed by atoms with E-state index < -0.39 is 17.4 Å². The van der Waals surface area contributed by atoms with E-state index in [2.05, 4.69) is 64.2 Å². The first-order valence-electron chi connectivity index (χ1n) is 20.2. The van der Waals surface area contributed by atoms with Gasteiger partial charge in [-0.15, -0.1) is 15.0 Å². The van der Waals surface area contributed by atoms with E-state index in [-0.39, 0.29) is 24.0 Å². The standard InChI is InChI=1S/C48H43BrClN7O4/c1-4-6-26-40-51-45(50)43(47(59)55(3)31-41(58)60-5-2)56(40)30-32-27-28-39-38(29-32)42(49)44(61-39)36-24-16-17-25-37(36)46-52-54-57(53-46)48(33-18-10-7-11-19-33,34-20-12-8-13-21-34)35-22-14-9-15-23-35/h7-25,27-29H,4-6,26,30-31H2,1-3H3. The third-order valence-electron chi connectivity index (χ3n) is 10.7. The lowest BCUT2D eigenvalue weighted by molar-refractivity contribution is -0.143. The molecule has 8 rings (SSSR count). The van der Waals surface area contributed by atoms with Crippen molar-refractivity contribution in [3.8, 4) is 22.7 Å². The van der Waals surface area contributed by atoms with Crippen molar-refractivity contribution >= 4 is 50.4 Å². The molecule has 1 amide bonds. The molecule has 61 heavy (non-hydrogen) atoms. The Morgan fingerprint density at radius 3 is 2.05 bits per heavy atom. The highest BCUT2D eigenvalue weighted by atomic mass is 79.9. The van der Waals surface area contributed by atoms with Gasteiger partial charge in [-0.3, -0.25) is 9.59 Å². The van der Waals surface area contributed by atoms with Crippen LogP contribution in [-0.2, 0) is 28.0 Å². The van der Waals surface area contributed by atoms with E-state index in [1.807, 2.05) is 102 Å². The molecule has 0 unspecified atom stereocenters. The van der Waals surface area contributed by atoms with Gasteiger partial charge in [-0.1, -0.05) is 146 Å². The maximum absolute atomic E-state index is 13.8. The topological polar surface area (TPSA) is 121 Å². The van der Waals surface area contributed by atoms with E-state index >= 15 is 0 Å². The van der Waals surface area contributed by atoms with Gasteiger partial charge < -0.3 is 18.6 Å². The zero-order valence-electron chi connectivity index (χ0n) is 34.0. The number of hydrogen-bond acceptors (Lipinski definition) is 8. The molecule has 0 spiro atoms. The van der Waals surface area contributed by atoms with Gasteiger partial charge in [0.25, 0.3) is 5.91 Å². The number of unbranched alkanes of at least 4 members (excludes halogenated alkanes) is 1. The highest BCUT2D eigenvalue weighted by molar-refractivity contribution is 9.10. The number of aromatic nitrogens is 6. The van der Waals surface area contributed by atoms with Crippen LogP contribution >= 0.6 is 27.5 Å². The Bertz CT molecular complexity index is 2710. The van der Waals surface area contributed by atoms with Gasteiger partial charge in [-0.2, -0.15) is 0 Å². The van der Waals surface area contributed by atoms with Gasteiger partial charge in [0.2, 0.25) is 5.82 Å². The second-order valence-electron chi connectivity index (χ2n) is 14.7. The summed E-state index contributed by atoms with van der Waals surface area (Å²) >= 11 is 10.6. The molecule has 0 N–H and O–H groups in total. The molecule has 3 aromatic heterocycles. The largest absolute Gasteiger partial charge is 0.465 e. The number of aryl methyl sites for hydroxylation is 1. The summed E-state index contributed by atoms with van der Waals surface area (Å²) in [6.07, 6.45) is 2.43. The van der Waals surface area contributed by atoms with Crippen LogP contribution in [0.15, 0.2) is 142 Å². The van der Waals surface area contributed by atoms with E-state index in [0.29, 0.717) is 36.0 Å². The number of carbonyl (C=O) groups excluding carboxylic acids is 2. The number of likely N-dealkylation sites (N-methyl/N-ethyl adjacent to an activating group) is 1. The van der Waals surface area contributed by atoms with E-state index in [4.69, 9.17) is 36.2 Å². The number of fused-ring (bicyclic) bond motifs is 1. The number of imidazole rings is 1. The lowest BCUT2D eigenvalue weighted by Crippen LogP contribution is -2.39. The predicted molar refractivity (Wildman–Crippen MR) is 239 cm³/mol. The van der Waals surface area contributed by atoms with Crippen LogP contribution < -0.4 is 0 Å². The Kier molecular flexibility index (Phi) is 12.3. The van der Waals surface area contributed by atoms with Gasteiger partial charge in [0.1, 0.15) is 29.4 Å². The average Bonchev–Trinajstić information content (AvgIpc) is 3.99. The van der Waals surface area contributed by atoms with Gasteiger partial charge in [-0.05, 0) is 68.9 Å². The smallest absolute Gasteiger partial charge is 0.325 e. The molecular weight excluding hydrogens is 854 g/mol. The SMILES string of the molecule is CCCCc1nc(Cl)c(C(=O)N(C)CC(=O)OCC)n1Cc1ccc2oc(-c3ccccc3-c3nnn(C(c4ccccc4)(c4ccccc4)c4ccccc4)n3)c(Br)c2c1.